The van der Waals surface area contributed by atoms with Crippen molar-refractivity contribution in [3.8, 4) is 0 Å². The molecule has 2 heterocycles. The first-order valence-corrected chi connectivity index (χ1v) is 7.17. The Morgan fingerprint density at radius 3 is 3.12 bits per heavy atom. The Kier molecular flexibility index (Phi) is 4.65. The summed E-state index contributed by atoms with van der Waals surface area (Å²) in [5.74, 6) is 1.01. The molecule has 1 aromatic heterocycles. The van der Waals surface area contributed by atoms with Gasteiger partial charge in [0.15, 0.2) is 0 Å². The second kappa shape index (κ2) is 6.03. The van der Waals surface area contributed by atoms with Gasteiger partial charge in [-0.05, 0) is 54.2 Å². The Bertz CT molecular complexity index is 386. The van der Waals surface area contributed by atoms with Crippen molar-refractivity contribution in [2.75, 3.05) is 18.0 Å². The molecule has 1 aromatic rings. The molecule has 0 aromatic carbocycles. The standard InChI is InChI=1S/C12H17BrClN3/c13-11-7-9(14)8-16-12(11)17-6-2-4-10(17)3-1-5-15/h7-8,10H,1-6,15H2. The normalized spacial score (nSPS) is 19.9. The molecule has 3 nitrogen and oxygen atoms in total. The van der Waals surface area contributed by atoms with Crippen LogP contribution in [0.5, 0.6) is 0 Å². The minimum Gasteiger partial charge on any atom is -0.353 e. The average molecular weight is 319 g/mol. The monoisotopic (exact) mass is 317 g/mol. The van der Waals surface area contributed by atoms with Gasteiger partial charge in [-0.3, -0.25) is 0 Å². The number of pyridine rings is 1. The Labute approximate surface area is 115 Å². The van der Waals surface area contributed by atoms with Gasteiger partial charge in [0.1, 0.15) is 5.82 Å². The van der Waals surface area contributed by atoms with Crippen molar-refractivity contribution < 1.29 is 0 Å². The van der Waals surface area contributed by atoms with Crippen molar-refractivity contribution in [1.29, 1.82) is 0 Å². The first kappa shape index (κ1) is 13.1. The van der Waals surface area contributed by atoms with Crippen molar-refractivity contribution in [2.45, 2.75) is 31.7 Å². The predicted molar refractivity (Wildman–Crippen MR) is 75.6 cm³/mol. The highest BCUT2D eigenvalue weighted by Gasteiger charge is 2.26. The van der Waals surface area contributed by atoms with Crippen LogP contribution in [0, 0.1) is 0 Å². The van der Waals surface area contributed by atoms with Gasteiger partial charge >= 0.3 is 0 Å². The number of anilines is 1. The molecule has 2 rings (SSSR count). The molecule has 94 valence electrons. The van der Waals surface area contributed by atoms with Crippen molar-refractivity contribution in [3.63, 3.8) is 0 Å². The number of nitrogens with two attached hydrogens (primary N) is 1. The summed E-state index contributed by atoms with van der Waals surface area (Å²) in [7, 11) is 0. The maximum atomic E-state index is 5.92. The van der Waals surface area contributed by atoms with Gasteiger partial charge in [0.25, 0.3) is 0 Å². The van der Waals surface area contributed by atoms with E-state index < -0.39 is 0 Å². The number of rotatable bonds is 4. The number of halogens is 2. The first-order chi connectivity index (χ1) is 8.22. The van der Waals surface area contributed by atoms with Gasteiger partial charge in [-0.15, -0.1) is 0 Å². The second-order valence-electron chi connectivity index (χ2n) is 4.38. The third-order valence-electron chi connectivity index (χ3n) is 3.18. The van der Waals surface area contributed by atoms with E-state index in [1.165, 1.54) is 12.8 Å². The molecule has 0 radical (unpaired) electrons. The Balaban J connectivity index is 2.14. The quantitative estimate of drug-likeness (QED) is 0.927. The van der Waals surface area contributed by atoms with Crippen molar-refractivity contribution >= 4 is 33.3 Å². The number of hydrogen-bond donors (Lipinski definition) is 1. The second-order valence-corrected chi connectivity index (χ2v) is 5.67. The predicted octanol–water partition coefficient (Wildman–Crippen LogP) is 3.21. The largest absolute Gasteiger partial charge is 0.353 e. The maximum Gasteiger partial charge on any atom is 0.143 e. The van der Waals surface area contributed by atoms with E-state index in [4.69, 9.17) is 17.3 Å². The van der Waals surface area contributed by atoms with Gasteiger partial charge in [-0.2, -0.15) is 0 Å². The third-order valence-corrected chi connectivity index (χ3v) is 3.97. The van der Waals surface area contributed by atoms with E-state index in [0.29, 0.717) is 11.1 Å². The van der Waals surface area contributed by atoms with Crippen LogP contribution in [0.15, 0.2) is 16.7 Å². The molecule has 1 fully saturated rings. The van der Waals surface area contributed by atoms with E-state index in [-0.39, 0.29) is 0 Å². The number of nitrogens with zero attached hydrogens (tertiary/aromatic N) is 2. The molecule has 1 saturated heterocycles. The van der Waals surface area contributed by atoms with Gasteiger partial charge in [0, 0.05) is 18.8 Å². The van der Waals surface area contributed by atoms with Crippen molar-refractivity contribution in [3.05, 3.63) is 21.8 Å². The third kappa shape index (κ3) is 3.12. The van der Waals surface area contributed by atoms with Crippen LogP contribution in [0.3, 0.4) is 0 Å². The molecule has 0 saturated carbocycles. The van der Waals surface area contributed by atoms with Crippen LogP contribution in [0.25, 0.3) is 0 Å². The minimum atomic E-state index is 0.573. The topological polar surface area (TPSA) is 42.1 Å². The lowest BCUT2D eigenvalue weighted by Gasteiger charge is -2.26. The van der Waals surface area contributed by atoms with E-state index >= 15 is 0 Å². The fourth-order valence-electron chi connectivity index (χ4n) is 2.39. The summed E-state index contributed by atoms with van der Waals surface area (Å²) in [5, 5.41) is 0.665. The summed E-state index contributed by atoms with van der Waals surface area (Å²) in [5.41, 5.74) is 5.58. The molecule has 1 aliphatic rings. The molecule has 2 N–H and O–H groups in total. The number of aromatic nitrogens is 1. The van der Waals surface area contributed by atoms with E-state index in [1.807, 2.05) is 6.07 Å². The molecular weight excluding hydrogens is 302 g/mol. The maximum absolute atomic E-state index is 5.92. The highest BCUT2D eigenvalue weighted by molar-refractivity contribution is 9.10. The molecule has 1 atom stereocenters. The van der Waals surface area contributed by atoms with Crippen LogP contribution >= 0.6 is 27.5 Å². The smallest absolute Gasteiger partial charge is 0.143 e. The van der Waals surface area contributed by atoms with Gasteiger partial charge in [0.05, 0.1) is 9.50 Å². The summed E-state index contributed by atoms with van der Waals surface area (Å²) in [6, 6.07) is 2.48. The minimum absolute atomic E-state index is 0.573. The first-order valence-electron chi connectivity index (χ1n) is 6.00. The van der Waals surface area contributed by atoms with Crippen LogP contribution in [0.2, 0.25) is 5.02 Å². The Hall–Kier alpha value is -0.320. The van der Waals surface area contributed by atoms with Gasteiger partial charge in [-0.25, -0.2) is 4.98 Å². The zero-order valence-corrected chi connectivity index (χ0v) is 12.0. The van der Waals surface area contributed by atoms with Gasteiger partial charge < -0.3 is 10.6 Å². The van der Waals surface area contributed by atoms with Crippen molar-refractivity contribution in [1.82, 2.24) is 4.98 Å². The fourth-order valence-corrected chi connectivity index (χ4v) is 3.25. The van der Waals surface area contributed by atoms with E-state index in [2.05, 4.69) is 25.8 Å². The highest BCUT2D eigenvalue weighted by Crippen LogP contribution is 2.33. The van der Waals surface area contributed by atoms with Crippen LogP contribution in [-0.2, 0) is 0 Å². The molecule has 1 unspecified atom stereocenters. The molecule has 1 aliphatic heterocycles. The van der Waals surface area contributed by atoms with Crippen LogP contribution in [0.1, 0.15) is 25.7 Å². The Morgan fingerprint density at radius 2 is 2.41 bits per heavy atom. The number of hydrogen-bond acceptors (Lipinski definition) is 3. The van der Waals surface area contributed by atoms with Crippen LogP contribution in [0.4, 0.5) is 5.82 Å². The van der Waals surface area contributed by atoms with Crippen LogP contribution < -0.4 is 10.6 Å². The fraction of sp³-hybridized carbons (Fsp3) is 0.583. The summed E-state index contributed by atoms with van der Waals surface area (Å²) in [6.07, 6.45) is 6.39. The van der Waals surface area contributed by atoms with E-state index in [0.717, 1.165) is 36.2 Å². The van der Waals surface area contributed by atoms with E-state index in [1.54, 1.807) is 6.20 Å². The lowest BCUT2D eigenvalue weighted by molar-refractivity contribution is 0.581. The molecule has 0 aliphatic carbocycles. The summed E-state index contributed by atoms with van der Waals surface area (Å²) >= 11 is 9.46. The lowest BCUT2D eigenvalue weighted by atomic mass is 10.1. The van der Waals surface area contributed by atoms with Crippen LogP contribution in [-0.4, -0.2) is 24.1 Å². The van der Waals surface area contributed by atoms with Gasteiger partial charge in [-0.1, -0.05) is 11.6 Å². The Morgan fingerprint density at radius 1 is 1.59 bits per heavy atom. The lowest BCUT2D eigenvalue weighted by Crippen LogP contribution is -2.30. The zero-order chi connectivity index (χ0) is 12.3. The molecule has 0 spiro atoms. The molecule has 17 heavy (non-hydrogen) atoms. The summed E-state index contributed by atoms with van der Waals surface area (Å²) in [6.45, 7) is 1.84. The summed E-state index contributed by atoms with van der Waals surface area (Å²) in [4.78, 5) is 6.81. The zero-order valence-electron chi connectivity index (χ0n) is 9.70. The molecule has 0 bridgehead atoms. The molecular formula is C12H17BrClN3. The average Bonchev–Trinajstić information content (AvgIpc) is 2.74. The van der Waals surface area contributed by atoms with E-state index in [9.17, 15) is 0 Å². The molecule has 0 amide bonds. The summed E-state index contributed by atoms with van der Waals surface area (Å²) < 4.78 is 0.977. The van der Waals surface area contributed by atoms with Crippen molar-refractivity contribution in [2.24, 2.45) is 5.73 Å². The SMILES string of the molecule is NCCCC1CCCN1c1ncc(Cl)cc1Br. The molecule has 5 heteroatoms. The highest BCUT2D eigenvalue weighted by atomic mass is 79.9. The van der Waals surface area contributed by atoms with Gasteiger partial charge in [0.2, 0.25) is 0 Å².